The second-order valence-electron chi connectivity index (χ2n) is 5.87. The molecule has 1 fully saturated rings. The molecule has 1 aromatic heterocycles. The van der Waals surface area contributed by atoms with Crippen molar-refractivity contribution in [3.05, 3.63) is 66.1 Å². The number of ether oxygens (including phenoxy) is 1. The second kappa shape index (κ2) is 7.28. The molecule has 8 nitrogen and oxygen atoms in total. The summed E-state index contributed by atoms with van der Waals surface area (Å²) in [5, 5.41) is 10.6. The van der Waals surface area contributed by atoms with Crippen LogP contribution < -0.4 is 10.2 Å². The quantitative estimate of drug-likeness (QED) is 0.699. The van der Waals surface area contributed by atoms with Crippen LogP contribution in [0.5, 0.6) is 0 Å². The third-order valence-electron chi connectivity index (χ3n) is 4.09. The number of aromatic nitrogens is 2. The lowest BCUT2D eigenvalue weighted by Gasteiger charge is -2.14. The number of carbonyl (C=O) groups excluding carboxylic acids is 2. The Hall–Kier alpha value is -3.68. The van der Waals surface area contributed by atoms with Crippen LogP contribution in [-0.2, 0) is 11.3 Å². The molecule has 0 saturated carbocycles. The Kier molecular flexibility index (Phi) is 4.52. The molecule has 0 aliphatic carbocycles. The number of hydrogen-bond acceptors (Lipinski definition) is 6. The largest absolute Gasteiger partial charge is 0.452 e. The first-order valence-electron chi connectivity index (χ1n) is 8.41. The summed E-state index contributed by atoms with van der Waals surface area (Å²) in [6, 6.07) is 15.9. The standard InChI is InChI=1S/C19H16N4O4/c24-18(14-6-8-15(9-7-14)23-11-10-20-19(23)25)26-12-16-21-22-17(27-16)13-4-2-1-3-5-13/h1-9H,10-12H2,(H,20,25). The van der Waals surface area contributed by atoms with Crippen LogP contribution in [0.3, 0.4) is 0 Å². The van der Waals surface area contributed by atoms with Crippen LogP contribution in [0.4, 0.5) is 10.5 Å². The van der Waals surface area contributed by atoms with Gasteiger partial charge in [0.2, 0.25) is 5.89 Å². The fourth-order valence-electron chi connectivity index (χ4n) is 2.72. The second-order valence-corrected chi connectivity index (χ2v) is 5.87. The summed E-state index contributed by atoms with van der Waals surface area (Å²) in [6.07, 6.45) is 0. The summed E-state index contributed by atoms with van der Waals surface area (Å²) in [7, 11) is 0. The minimum Gasteiger partial charge on any atom is -0.452 e. The van der Waals surface area contributed by atoms with Crippen molar-refractivity contribution in [1.29, 1.82) is 0 Å². The molecule has 0 atom stereocenters. The van der Waals surface area contributed by atoms with E-state index in [2.05, 4.69) is 15.5 Å². The van der Waals surface area contributed by atoms with E-state index in [1.165, 1.54) is 0 Å². The van der Waals surface area contributed by atoms with E-state index >= 15 is 0 Å². The van der Waals surface area contributed by atoms with Crippen molar-refractivity contribution in [2.45, 2.75) is 6.61 Å². The zero-order valence-electron chi connectivity index (χ0n) is 14.3. The summed E-state index contributed by atoms with van der Waals surface area (Å²) in [4.78, 5) is 25.5. The minimum absolute atomic E-state index is 0.116. The van der Waals surface area contributed by atoms with Crippen molar-refractivity contribution in [2.24, 2.45) is 0 Å². The molecule has 8 heteroatoms. The zero-order chi connectivity index (χ0) is 18.6. The predicted molar refractivity (Wildman–Crippen MR) is 96.0 cm³/mol. The van der Waals surface area contributed by atoms with Crippen molar-refractivity contribution in [3.8, 4) is 11.5 Å². The van der Waals surface area contributed by atoms with E-state index in [-0.39, 0.29) is 18.5 Å². The van der Waals surface area contributed by atoms with Gasteiger partial charge >= 0.3 is 12.0 Å². The van der Waals surface area contributed by atoms with E-state index < -0.39 is 5.97 Å². The topological polar surface area (TPSA) is 97.6 Å². The van der Waals surface area contributed by atoms with Gasteiger partial charge in [-0.2, -0.15) is 0 Å². The van der Waals surface area contributed by atoms with E-state index in [9.17, 15) is 9.59 Å². The van der Waals surface area contributed by atoms with Gasteiger partial charge in [0.25, 0.3) is 5.89 Å². The minimum atomic E-state index is -0.508. The summed E-state index contributed by atoms with van der Waals surface area (Å²) < 4.78 is 10.7. The summed E-state index contributed by atoms with van der Waals surface area (Å²) in [5.41, 5.74) is 1.90. The van der Waals surface area contributed by atoms with E-state index in [1.807, 2.05) is 30.3 Å². The van der Waals surface area contributed by atoms with Gasteiger partial charge in [0.1, 0.15) is 0 Å². The monoisotopic (exact) mass is 364 g/mol. The van der Waals surface area contributed by atoms with Crippen LogP contribution >= 0.6 is 0 Å². The summed E-state index contributed by atoms with van der Waals surface area (Å²) >= 11 is 0. The van der Waals surface area contributed by atoms with E-state index in [1.54, 1.807) is 29.2 Å². The predicted octanol–water partition coefficient (Wildman–Crippen LogP) is 2.62. The smallest absolute Gasteiger partial charge is 0.338 e. The van der Waals surface area contributed by atoms with Gasteiger partial charge in [0.15, 0.2) is 6.61 Å². The Morgan fingerprint density at radius 2 is 1.89 bits per heavy atom. The Morgan fingerprint density at radius 1 is 1.11 bits per heavy atom. The molecule has 1 aliphatic heterocycles. The third kappa shape index (κ3) is 3.64. The number of esters is 1. The first-order chi connectivity index (χ1) is 13.2. The van der Waals surface area contributed by atoms with Crippen molar-refractivity contribution in [2.75, 3.05) is 18.0 Å². The lowest BCUT2D eigenvalue weighted by molar-refractivity contribution is 0.0438. The first kappa shape index (κ1) is 16.8. The lowest BCUT2D eigenvalue weighted by atomic mass is 10.2. The van der Waals surface area contributed by atoms with Crippen LogP contribution in [0.25, 0.3) is 11.5 Å². The number of rotatable bonds is 5. The number of anilines is 1. The van der Waals surface area contributed by atoms with Crippen molar-refractivity contribution in [1.82, 2.24) is 15.5 Å². The maximum Gasteiger partial charge on any atom is 0.338 e. The van der Waals surface area contributed by atoms with Gasteiger partial charge in [-0.15, -0.1) is 10.2 Å². The van der Waals surface area contributed by atoms with E-state index in [0.717, 1.165) is 11.3 Å². The molecule has 3 aromatic rings. The number of benzene rings is 2. The lowest BCUT2D eigenvalue weighted by Crippen LogP contribution is -2.27. The van der Waals surface area contributed by atoms with Crippen LogP contribution in [0.2, 0.25) is 0 Å². The molecule has 0 unspecified atom stereocenters. The number of hydrogen-bond donors (Lipinski definition) is 1. The van der Waals surface area contributed by atoms with E-state index in [0.29, 0.717) is 24.5 Å². The molecule has 1 N–H and O–H groups in total. The molecule has 2 heterocycles. The molecule has 27 heavy (non-hydrogen) atoms. The summed E-state index contributed by atoms with van der Waals surface area (Å²) in [6.45, 7) is 1.09. The normalized spacial score (nSPS) is 13.5. The highest BCUT2D eigenvalue weighted by Gasteiger charge is 2.21. The average Bonchev–Trinajstić information content (AvgIpc) is 3.36. The maximum atomic E-state index is 12.2. The van der Waals surface area contributed by atoms with Gasteiger partial charge in [-0.3, -0.25) is 4.90 Å². The maximum absolute atomic E-state index is 12.2. The molecule has 0 radical (unpaired) electrons. The van der Waals surface area contributed by atoms with E-state index in [4.69, 9.17) is 9.15 Å². The van der Waals surface area contributed by atoms with Gasteiger partial charge < -0.3 is 14.5 Å². The van der Waals surface area contributed by atoms with Crippen LogP contribution in [0, 0.1) is 0 Å². The zero-order valence-corrected chi connectivity index (χ0v) is 14.3. The highest BCUT2D eigenvalue weighted by Crippen LogP contribution is 2.19. The Balaban J connectivity index is 1.37. The number of carbonyl (C=O) groups is 2. The highest BCUT2D eigenvalue weighted by molar-refractivity contribution is 5.95. The fourth-order valence-corrected chi connectivity index (χ4v) is 2.72. The van der Waals surface area contributed by atoms with Crippen LogP contribution in [-0.4, -0.2) is 35.3 Å². The summed E-state index contributed by atoms with van der Waals surface area (Å²) in [5.74, 6) is 0.0781. The SMILES string of the molecule is O=C(OCc1nnc(-c2ccccc2)o1)c1ccc(N2CCNC2=O)cc1. The molecular formula is C19H16N4O4. The molecule has 1 saturated heterocycles. The van der Waals surface area contributed by atoms with Gasteiger partial charge in [-0.25, -0.2) is 9.59 Å². The first-order valence-corrected chi connectivity index (χ1v) is 8.41. The fraction of sp³-hybridized carbons (Fsp3) is 0.158. The Morgan fingerprint density at radius 3 is 2.59 bits per heavy atom. The number of nitrogens with zero attached hydrogens (tertiary/aromatic N) is 3. The third-order valence-corrected chi connectivity index (χ3v) is 4.09. The molecule has 0 spiro atoms. The molecule has 1 aliphatic rings. The van der Waals surface area contributed by atoms with Gasteiger partial charge in [-0.1, -0.05) is 18.2 Å². The average molecular weight is 364 g/mol. The molecule has 136 valence electrons. The van der Waals surface area contributed by atoms with Gasteiger partial charge in [0, 0.05) is 24.3 Å². The van der Waals surface area contributed by atoms with Crippen molar-refractivity contribution < 1.29 is 18.7 Å². The Bertz CT molecular complexity index is 953. The molecule has 2 amide bonds. The molecule has 2 aromatic carbocycles. The number of nitrogens with one attached hydrogen (secondary N) is 1. The molecular weight excluding hydrogens is 348 g/mol. The number of amides is 2. The van der Waals surface area contributed by atoms with Gasteiger partial charge in [0.05, 0.1) is 5.56 Å². The van der Waals surface area contributed by atoms with Crippen molar-refractivity contribution in [3.63, 3.8) is 0 Å². The van der Waals surface area contributed by atoms with Crippen LogP contribution in [0.1, 0.15) is 16.2 Å². The molecule has 4 rings (SSSR count). The number of urea groups is 1. The highest BCUT2D eigenvalue weighted by atomic mass is 16.5. The van der Waals surface area contributed by atoms with Crippen molar-refractivity contribution >= 4 is 17.7 Å². The van der Waals surface area contributed by atoms with Gasteiger partial charge in [-0.05, 0) is 36.4 Å². The van der Waals surface area contributed by atoms with Crippen LogP contribution in [0.15, 0.2) is 59.0 Å². The Labute approximate surface area is 154 Å². The molecule has 0 bridgehead atoms.